The van der Waals surface area contributed by atoms with E-state index < -0.39 is 10.0 Å². The van der Waals surface area contributed by atoms with Crippen molar-refractivity contribution in [3.05, 3.63) is 58.0 Å². The fourth-order valence-electron chi connectivity index (χ4n) is 3.85. The first-order chi connectivity index (χ1) is 14.8. The number of thiophene rings is 1. The zero-order chi connectivity index (χ0) is 22.2. The van der Waals surface area contributed by atoms with Crippen molar-refractivity contribution in [3.63, 3.8) is 0 Å². The molecule has 4 rings (SSSR count). The van der Waals surface area contributed by atoms with Crippen LogP contribution in [0.25, 0.3) is 11.3 Å². The SMILES string of the molecule is CCc1ccc(S(=O)(=O)N2CCN(c3ccc(-c4cc(C)c(C)cc4C)nn3)CC2)s1. The maximum atomic E-state index is 12.9. The molecule has 0 bridgehead atoms. The van der Waals surface area contributed by atoms with Gasteiger partial charge in [-0.05, 0) is 74.2 Å². The van der Waals surface area contributed by atoms with Crippen molar-refractivity contribution >= 4 is 27.2 Å². The standard InChI is InChI=1S/C23H28N4O2S2/c1-5-19-6-9-23(30-19)31(28,29)27-12-10-26(11-13-27)22-8-7-21(24-25-22)20-15-17(3)16(2)14-18(20)4/h6-9,14-15H,5,10-13H2,1-4H3. The molecule has 3 heterocycles. The van der Waals surface area contributed by atoms with E-state index in [2.05, 4.69) is 48.0 Å². The van der Waals surface area contributed by atoms with Crippen molar-refractivity contribution < 1.29 is 8.42 Å². The Hall–Kier alpha value is -2.29. The maximum Gasteiger partial charge on any atom is 0.252 e. The van der Waals surface area contributed by atoms with Crippen molar-refractivity contribution in [3.8, 4) is 11.3 Å². The maximum absolute atomic E-state index is 12.9. The topological polar surface area (TPSA) is 66.4 Å². The van der Waals surface area contributed by atoms with E-state index in [1.807, 2.05) is 25.1 Å². The number of aromatic nitrogens is 2. The quantitative estimate of drug-likeness (QED) is 0.576. The highest BCUT2D eigenvalue weighted by atomic mass is 32.2. The lowest BCUT2D eigenvalue weighted by molar-refractivity contribution is 0.384. The van der Waals surface area contributed by atoms with Gasteiger partial charge in [0.05, 0.1) is 5.69 Å². The molecule has 1 aliphatic rings. The zero-order valence-electron chi connectivity index (χ0n) is 18.4. The summed E-state index contributed by atoms with van der Waals surface area (Å²) in [5.74, 6) is 0.784. The second-order valence-electron chi connectivity index (χ2n) is 7.99. The minimum absolute atomic E-state index is 0.436. The molecule has 0 saturated carbocycles. The third kappa shape index (κ3) is 4.37. The van der Waals surface area contributed by atoms with Gasteiger partial charge >= 0.3 is 0 Å². The van der Waals surface area contributed by atoms with Crippen LogP contribution in [-0.2, 0) is 16.4 Å². The molecule has 1 aliphatic heterocycles. The number of rotatable bonds is 5. The Morgan fingerprint density at radius 3 is 2.23 bits per heavy atom. The van der Waals surface area contributed by atoms with Crippen molar-refractivity contribution in [2.45, 2.75) is 38.3 Å². The van der Waals surface area contributed by atoms with Crippen molar-refractivity contribution in [2.75, 3.05) is 31.1 Å². The number of piperazine rings is 1. The van der Waals surface area contributed by atoms with E-state index >= 15 is 0 Å². The molecular formula is C23H28N4O2S2. The first-order valence-electron chi connectivity index (χ1n) is 10.6. The molecular weight excluding hydrogens is 428 g/mol. The van der Waals surface area contributed by atoms with Crippen LogP contribution in [0.4, 0.5) is 5.82 Å². The Kier molecular flexibility index (Phi) is 6.14. The molecule has 0 radical (unpaired) electrons. The lowest BCUT2D eigenvalue weighted by Gasteiger charge is -2.34. The van der Waals surface area contributed by atoms with Gasteiger partial charge in [0.1, 0.15) is 4.21 Å². The predicted molar refractivity (Wildman–Crippen MR) is 126 cm³/mol. The smallest absolute Gasteiger partial charge is 0.252 e. The third-order valence-electron chi connectivity index (χ3n) is 5.91. The molecule has 1 aromatic carbocycles. The molecule has 3 aromatic rings. The molecule has 31 heavy (non-hydrogen) atoms. The molecule has 6 nitrogen and oxygen atoms in total. The Balaban J connectivity index is 1.45. The number of hydrogen-bond acceptors (Lipinski definition) is 6. The van der Waals surface area contributed by atoms with Gasteiger partial charge in [-0.25, -0.2) is 8.42 Å². The van der Waals surface area contributed by atoms with Crippen molar-refractivity contribution in [1.29, 1.82) is 0 Å². The highest BCUT2D eigenvalue weighted by Gasteiger charge is 2.30. The number of benzene rings is 1. The number of aryl methyl sites for hydroxylation is 4. The molecule has 8 heteroatoms. The van der Waals surface area contributed by atoms with E-state index in [9.17, 15) is 8.42 Å². The van der Waals surface area contributed by atoms with Gasteiger partial charge in [-0.1, -0.05) is 13.0 Å². The lowest BCUT2D eigenvalue weighted by atomic mass is 9.99. The molecule has 0 spiro atoms. The van der Waals surface area contributed by atoms with E-state index in [0.29, 0.717) is 30.4 Å². The molecule has 164 valence electrons. The number of nitrogens with zero attached hydrogens (tertiary/aromatic N) is 4. The second-order valence-corrected chi connectivity index (χ2v) is 11.3. The van der Waals surface area contributed by atoms with Crippen molar-refractivity contribution in [1.82, 2.24) is 14.5 Å². The number of anilines is 1. The molecule has 0 N–H and O–H groups in total. The average molecular weight is 457 g/mol. The van der Waals surface area contributed by atoms with Crippen LogP contribution in [0.5, 0.6) is 0 Å². The summed E-state index contributed by atoms with van der Waals surface area (Å²) in [4.78, 5) is 3.19. The normalized spacial score (nSPS) is 15.4. The third-order valence-corrected chi connectivity index (χ3v) is 9.50. The van der Waals surface area contributed by atoms with E-state index in [1.165, 1.54) is 28.0 Å². The first kappa shape index (κ1) is 21.9. The molecule has 0 atom stereocenters. The van der Waals surface area contributed by atoms with E-state index in [0.717, 1.165) is 28.4 Å². The van der Waals surface area contributed by atoms with Crippen LogP contribution in [-0.4, -0.2) is 49.1 Å². The van der Waals surface area contributed by atoms with Crippen LogP contribution in [0, 0.1) is 20.8 Å². The second kappa shape index (κ2) is 8.68. The highest BCUT2D eigenvalue weighted by molar-refractivity contribution is 7.91. The number of hydrogen-bond donors (Lipinski definition) is 0. The summed E-state index contributed by atoms with van der Waals surface area (Å²) in [5, 5.41) is 8.90. The summed E-state index contributed by atoms with van der Waals surface area (Å²) >= 11 is 1.37. The molecule has 2 aromatic heterocycles. The van der Waals surface area contributed by atoms with E-state index in [-0.39, 0.29) is 0 Å². The van der Waals surface area contributed by atoms with E-state index in [1.54, 1.807) is 10.4 Å². The molecule has 1 fully saturated rings. The van der Waals surface area contributed by atoms with Gasteiger partial charge in [0.25, 0.3) is 10.0 Å². The van der Waals surface area contributed by atoms with Gasteiger partial charge in [0.2, 0.25) is 0 Å². The summed E-state index contributed by atoms with van der Waals surface area (Å²) in [6, 6.07) is 11.9. The van der Waals surface area contributed by atoms with Crippen molar-refractivity contribution in [2.24, 2.45) is 0 Å². The van der Waals surface area contributed by atoms with E-state index in [4.69, 9.17) is 0 Å². The first-order valence-corrected chi connectivity index (χ1v) is 12.8. The van der Waals surface area contributed by atoms with Crippen LogP contribution in [0.1, 0.15) is 28.5 Å². The van der Waals surface area contributed by atoms with Crippen LogP contribution < -0.4 is 4.90 Å². The van der Waals surface area contributed by atoms with Gasteiger partial charge in [0, 0.05) is 36.6 Å². The van der Waals surface area contributed by atoms with Gasteiger partial charge in [-0.3, -0.25) is 0 Å². The summed E-state index contributed by atoms with van der Waals surface area (Å²) in [6.45, 7) is 10.4. The van der Waals surface area contributed by atoms with Crippen LogP contribution in [0.2, 0.25) is 0 Å². The largest absolute Gasteiger partial charge is 0.352 e. The predicted octanol–water partition coefficient (Wildman–Crippen LogP) is 4.20. The minimum atomic E-state index is -3.42. The Labute approximate surface area is 188 Å². The fourth-order valence-corrected chi connectivity index (χ4v) is 6.72. The molecule has 0 unspecified atom stereocenters. The summed E-state index contributed by atoms with van der Waals surface area (Å²) < 4.78 is 27.9. The molecule has 0 aliphatic carbocycles. The Morgan fingerprint density at radius 1 is 0.903 bits per heavy atom. The lowest BCUT2D eigenvalue weighted by Crippen LogP contribution is -2.48. The highest BCUT2D eigenvalue weighted by Crippen LogP contribution is 2.28. The Bertz CT molecular complexity index is 1180. The summed E-state index contributed by atoms with van der Waals surface area (Å²) in [6.07, 6.45) is 0.851. The summed E-state index contributed by atoms with van der Waals surface area (Å²) in [5.41, 5.74) is 5.65. The molecule has 1 saturated heterocycles. The zero-order valence-corrected chi connectivity index (χ0v) is 20.1. The Morgan fingerprint density at radius 2 is 1.61 bits per heavy atom. The van der Waals surface area contributed by atoms with Gasteiger partial charge in [-0.2, -0.15) is 4.31 Å². The van der Waals surface area contributed by atoms with Gasteiger partial charge < -0.3 is 4.90 Å². The van der Waals surface area contributed by atoms with Gasteiger partial charge in [0.15, 0.2) is 5.82 Å². The molecule has 0 amide bonds. The fraction of sp³-hybridized carbons (Fsp3) is 0.391. The minimum Gasteiger partial charge on any atom is -0.352 e. The monoisotopic (exact) mass is 456 g/mol. The van der Waals surface area contributed by atoms with Crippen LogP contribution in [0.15, 0.2) is 40.6 Å². The average Bonchev–Trinajstić information content (AvgIpc) is 3.27. The number of sulfonamides is 1. The van der Waals surface area contributed by atoms with Crippen LogP contribution in [0.3, 0.4) is 0 Å². The van der Waals surface area contributed by atoms with Gasteiger partial charge in [-0.15, -0.1) is 21.5 Å². The van der Waals surface area contributed by atoms with Crippen LogP contribution >= 0.6 is 11.3 Å². The summed E-state index contributed by atoms with van der Waals surface area (Å²) in [7, 11) is -3.42.